The van der Waals surface area contributed by atoms with Gasteiger partial charge in [-0.3, -0.25) is 19.2 Å². The number of aryl methyl sites for hydroxylation is 1. The fourth-order valence-electron chi connectivity index (χ4n) is 5.67. The van der Waals surface area contributed by atoms with Gasteiger partial charge in [-0.25, -0.2) is 8.42 Å². The van der Waals surface area contributed by atoms with Gasteiger partial charge in [0.2, 0.25) is 17.7 Å². The van der Waals surface area contributed by atoms with Crippen LogP contribution in [0.2, 0.25) is 0 Å². The number of rotatable bonds is 12. The van der Waals surface area contributed by atoms with Crippen molar-refractivity contribution >= 4 is 49.7 Å². The first-order chi connectivity index (χ1) is 22.3. The van der Waals surface area contributed by atoms with E-state index in [1.54, 1.807) is 43.6 Å². The third kappa shape index (κ3) is 7.71. The van der Waals surface area contributed by atoms with E-state index in [1.807, 2.05) is 38.1 Å². The first-order valence-corrected chi connectivity index (χ1v) is 17.0. The number of fused-ring (bicyclic) bond motifs is 1. The molecule has 0 saturated heterocycles. The maximum Gasteiger partial charge on any atom is 0.255 e. The summed E-state index contributed by atoms with van der Waals surface area (Å²) in [5.41, 5.74) is 3.02. The van der Waals surface area contributed by atoms with Gasteiger partial charge < -0.3 is 25.4 Å². The van der Waals surface area contributed by atoms with Crippen LogP contribution in [-0.2, 0) is 30.8 Å². The predicted octanol–water partition coefficient (Wildman–Crippen LogP) is 4.39. The van der Waals surface area contributed by atoms with Gasteiger partial charge in [0, 0.05) is 43.5 Å². The lowest BCUT2D eigenvalue weighted by Gasteiger charge is -2.29. The minimum atomic E-state index is -3.62. The second kappa shape index (κ2) is 13.8. The van der Waals surface area contributed by atoms with Gasteiger partial charge in [-0.15, -0.1) is 0 Å². The molecule has 5 rings (SSSR count). The van der Waals surface area contributed by atoms with Gasteiger partial charge in [0.05, 0.1) is 22.7 Å². The zero-order chi connectivity index (χ0) is 33.9. The summed E-state index contributed by atoms with van der Waals surface area (Å²) in [6, 6.07) is 18.9. The number of carbonyl (C=O) groups is 3. The number of nitrogens with zero attached hydrogens (tertiary/aromatic N) is 2. The standard InChI is InChI=1S/C35H39N5O6S/c1-22-7-5-6-8-30(22)23(2)40(24(3)41)21-33(42)38-28-11-14-32(47(45,46)29-12-13-29)26(17-28)20-39(4)34(43)19-37-27-10-9-25-15-16-36-35(44)31(25)18-27/h5-11,14-18,23,29,37H,12-13,19-21H2,1-4H3,(H,36,44)(H,38,42)/t23-/m1/s1. The number of likely N-dealkylation sites (N-methyl/N-ethyl adjacent to an activating group) is 1. The van der Waals surface area contributed by atoms with Crippen molar-refractivity contribution in [2.75, 3.05) is 30.8 Å². The molecule has 3 aromatic carbocycles. The lowest BCUT2D eigenvalue weighted by molar-refractivity contribution is -0.134. The number of aromatic amines is 1. The molecular weight excluding hydrogens is 618 g/mol. The molecule has 0 radical (unpaired) electrons. The highest BCUT2D eigenvalue weighted by molar-refractivity contribution is 7.92. The number of hydrogen-bond acceptors (Lipinski definition) is 7. The van der Waals surface area contributed by atoms with Crippen molar-refractivity contribution in [2.24, 2.45) is 0 Å². The third-order valence-electron chi connectivity index (χ3n) is 8.49. The zero-order valence-corrected chi connectivity index (χ0v) is 27.7. The fraction of sp³-hybridized carbons (Fsp3) is 0.314. The SMILES string of the molecule is CC(=O)N(CC(=O)Nc1ccc(S(=O)(=O)C2CC2)c(CN(C)C(=O)CNc2ccc3cc[nH]c(=O)c3c2)c1)[C@H](C)c1ccccc1C. The van der Waals surface area contributed by atoms with Crippen LogP contribution < -0.4 is 16.2 Å². The number of carbonyl (C=O) groups excluding carboxylic acids is 3. The van der Waals surface area contributed by atoms with E-state index < -0.39 is 21.0 Å². The van der Waals surface area contributed by atoms with Crippen LogP contribution in [0.1, 0.15) is 49.4 Å². The molecule has 1 aliphatic rings. The summed E-state index contributed by atoms with van der Waals surface area (Å²) in [5.74, 6) is -1.00. The number of benzene rings is 3. The summed E-state index contributed by atoms with van der Waals surface area (Å²) >= 11 is 0. The molecule has 1 heterocycles. The summed E-state index contributed by atoms with van der Waals surface area (Å²) < 4.78 is 26.7. The van der Waals surface area contributed by atoms with Crippen LogP contribution in [0.15, 0.2) is 82.6 Å². The van der Waals surface area contributed by atoms with E-state index >= 15 is 0 Å². The lowest BCUT2D eigenvalue weighted by Crippen LogP contribution is -2.38. The first-order valence-electron chi connectivity index (χ1n) is 15.4. The molecule has 12 heteroatoms. The highest BCUT2D eigenvalue weighted by Gasteiger charge is 2.38. The average molecular weight is 658 g/mol. The second-order valence-electron chi connectivity index (χ2n) is 12.0. The average Bonchev–Trinajstić information content (AvgIpc) is 3.89. The lowest BCUT2D eigenvalue weighted by atomic mass is 10.0. The quantitative estimate of drug-likeness (QED) is 0.205. The van der Waals surface area contributed by atoms with Gasteiger partial charge in [0.15, 0.2) is 9.84 Å². The highest BCUT2D eigenvalue weighted by Crippen LogP contribution is 2.36. The maximum absolute atomic E-state index is 13.3. The molecule has 1 aliphatic carbocycles. The molecule has 3 amide bonds. The minimum Gasteiger partial charge on any atom is -0.376 e. The van der Waals surface area contributed by atoms with Crippen LogP contribution in [0.5, 0.6) is 0 Å². The van der Waals surface area contributed by atoms with E-state index in [0.717, 1.165) is 16.5 Å². The van der Waals surface area contributed by atoms with Crippen molar-refractivity contribution in [1.82, 2.24) is 14.8 Å². The number of hydrogen-bond donors (Lipinski definition) is 3. The molecule has 0 aliphatic heterocycles. The van der Waals surface area contributed by atoms with Crippen molar-refractivity contribution < 1.29 is 22.8 Å². The Kier molecular flexibility index (Phi) is 9.80. The Bertz CT molecular complexity index is 2000. The molecule has 246 valence electrons. The Morgan fingerprint density at radius 2 is 1.72 bits per heavy atom. The Labute approximate surface area is 273 Å². The van der Waals surface area contributed by atoms with Gasteiger partial charge in [-0.2, -0.15) is 0 Å². The Morgan fingerprint density at radius 3 is 2.43 bits per heavy atom. The topological polar surface area (TPSA) is 149 Å². The molecule has 11 nitrogen and oxygen atoms in total. The monoisotopic (exact) mass is 657 g/mol. The van der Waals surface area contributed by atoms with Crippen molar-refractivity contribution in [1.29, 1.82) is 0 Å². The number of aromatic nitrogens is 1. The Morgan fingerprint density at radius 1 is 1.00 bits per heavy atom. The maximum atomic E-state index is 13.3. The van der Waals surface area contributed by atoms with Crippen LogP contribution >= 0.6 is 0 Å². The van der Waals surface area contributed by atoms with E-state index in [-0.39, 0.29) is 47.9 Å². The molecule has 0 bridgehead atoms. The van der Waals surface area contributed by atoms with Gasteiger partial charge in [-0.1, -0.05) is 30.3 Å². The van der Waals surface area contributed by atoms with Gasteiger partial charge in [0.1, 0.15) is 6.54 Å². The van der Waals surface area contributed by atoms with Crippen LogP contribution in [-0.4, -0.2) is 66.3 Å². The van der Waals surface area contributed by atoms with Crippen LogP contribution in [0.3, 0.4) is 0 Å². The fourth-order valence-corrected chi connectivity index (χ4v) is 7.53. The molecule has 1 saturated carbocycles. The number of sulfone groups is 1. The number of amides is 3. The summed E-state index contributed by atoms with van der Waals surface area (Å²) in [7, 11) is -2.05. The van der Waals surface area contributed by atoms with Crippen LogP contribution in [0.25, 0.3) is 10.8 Å². The second-order valence-corrected chi connectivity index (χ2v) is 14.2. The molecule has 0 spiro atoms. The Hall–Kier alpha value is -4.97. The van der Waals surface area contributed by atoms with E-state index in [1.165, 1.54) is 28.9 Å². The van der Waals surface area contributed by atoms with E-state index in [0.29, 0.717) is 35.2 Å². The zero-order valence-electron chi connectivity index (χ0n) is 26.9. The molecule has 1 fully saturated rings. The normalized spacial score (nSPS) is 13.5. The van der Waals surface area contributed by atoms with Gasteiger partial charge in [-0.05, 0) is 85.2 Å². The van der Waals surface area contributed by atoms with E-state index in [9.17, 15) is 27.6 Å². The largest absolute Gasteiger partial charge is 0.376 e. The predicted molar refractivity (Wildman–Crippen MR) is 182 cm³/mol. The molecule has 1 aromatic heterocycles. The van der Waals surface area contributed by atoms with Crippen LogP contribution in [0, 0.1) is 6.92 Å². The van der Waals surface area contributed by atoms with Gasteiger partial charge >= 0.3 is 0 Å². The summed E-state index contributed by atoms with van der Waals surface area (Å²) in [6.45, 7) is 4.92. The molecule has 3 N–H and O–H groups in total. The number of H-pyrrole nitrogens is 1. The van der Waals surface area contributed by atoms with E-state index in [2.05, 4.69) is 15.6 Å². The summed E-state index contributed by atoms with van der Waals surface area (Å²) in [6.07, 6.45) is 2.73. The summed E-state index contributed by atoms with van der Waals surface area (Å²) in [5, 5.41) is 6.65. The van der Waals surface area contributed by atoms with E-state index in [4.69, 9.17) is 0 Å². The Balaban J connectivity index is 1.31. The highest BCUT2D eigenvalue weighted by atomic mass is 32.2. The van der Waals surface area contributed by atoms with Crippen molar-refractivity contribution in [3.8, 4) is 0 Å². The summed E-state index contributed by atoms with van der Waals surface area (Å²) in [4.78, 5) is 56.7. The van der Waals surface area contributed by atoms with Gasteiger partial charge in [0.25, 0.3) is 5.56 Å². The van der Waals surface area contributed by atoms with Crippen LogP contribution in [0.4, 0.5) is 11.4 Å². The number of pyridine rings is 1. The molecule has 1 atom stereocenters. The van der Waals surface area contributed by atoms with Crippen molar-refractivity contribution in [3.63, 3.8) is 0 Å². The number of anilines is 2. The first kappa shape index (κ1) is 33.4. The van der Waals surface area contributed by atoms with Crippen molar-refractivity contribution in [3.05, 3.63) is 100.0 Å². The third-order valence-corrected chi connectivity index (χ3v) is 10.9. The molecule has 0 unspecified atom stereocenters. The number of nitrogens with one attached hydrogen (secondary N) is 3. The molecular formula is C35H39N5O6S. The van der Waals surface area contributed by atoms with Crippen molar-refractivity contribution in [2.45, 2.75) is 56.3 Å². The minimum absolute atomic E-state index is 0.0210. The molecule has 47 heavy (non-hydrogen) atoms. The molecule has 4 aromatic rings. The smallest absolute Gasteiger partial charge is 0.255 e.